The summed E-state index contributed by atoms with van der Waals surface area (Å²) in [6.07, 6.45) is 0. The fraction of sp³-hybridized carbons (Fsp3) is 0.750. The first kappa shape index (κ1) is 10.7. The summed E-state index contributed by atoms with van der Waals surface area (Å²) in [6, 6.07) is 0. The van der Waals surface area contributed by atoms with Crippen LogP contribution in [-0.4, -0.2) is 36.6 Å². The molecule has 3 nitrogen and oxygen atoms in total. The van der Waals surface area contributed by atoms with E-state index < -0.39 is 5.97 Å². The van der Waals surface area contributed by atoms with Crippen LogP contribution in [0.1, 0.15) is 0 Å². The van der Waals surface area contributed by atoms with E-state index in [2.05, 4.69) is 0 Å². The number of hydrogen-bond donors (Lipinski definition) is 1. The molecule has 0 aliphatic heterocycles. The Bertz CT molecular complexity index is 74.4. The summed E-state index contributed by atoms with van der Waals surface area (Å²) < 4.78 is 0. The van der Waals surface area contributed by atoms with Crippen LogP contribution in [0.15, 0.2) is 0 Å². The predicted octanol–water partition coefficient (Wildman–Crippen LogP) is 0.0544. The van der Waals surface area contributed by atoms with Crippen molar-refractivity contribution in [2.45, 2.75) is 0 Å². The molecule has 0 amide bonds. The Morgan fingerprint density at radius 3 is 2.00 bits per heavy atom. The van der Waals surface area contributed by atoms with Crippen molar-refractivity contribution in [2.24, 2.45) is 0 Å². The molecular weight excluding hydrogens is 130 g/mol. The maximum atomic E-state index is 9.77. The van der Waals surface area contributed by atoms with Crippen LogP contribution in [0.5, 0.6) is 0 Å². The largest absolute Gasteiger partial charge is 0.480 e. The van der Waals surface area contributed by atoms with E-state index in [1.165, 1.54) is 0 Å². The predicted molar refractivity (Wildman–Crippen MR) is 33.4 cm³/mol. The highest BCUT2D eigenvalue weighted by Gasteiger charge is 1.94. The molecule has 0 radical (unpaired) electrons. The zero-order valence-corrected chi connectivity index (χ0v) is 5.73. The normalized spacial score (nSPS) is 8.38. The maximum Gasteiger partial charge on any atom is 0.317 e. The summed E-state index contributed by atoms with van der Waals surface area (Å²) >= 11 is 0. The Morgan fingerprint density at radius 2 is 2.00 bits per heavy atom. The van der Waals surface area contributed by atoms with Crippen LogP contribution in [0.3, 0.4) is 0 Å². The second kappa shape index (κ2) is 4.87. The third kappa shape index (κ3) is 9.21. The summed E-state index contributed by atoms with van der Waals surface area (Å²) in [5.74, 6) is -0.787. The third-order valence-electron chi connectivity index (χ3n) is 0.451. The van der Waals surface area contributed by atoms with Gasteiger partial charge in [0, 0.05) is 0 Å². The van der Waals surface area contributed by atoms with Gasteiger partial charge in [0.1, 0.15) is 0 Å². The Balaban J connectivity index is 0. The van der Waals surface area contributed by atoms with Gasteiger partial charge in [-0.15, -0.1) is 12.4 Å². The lowest BCUT2D eigenvalue weighted by atomic mass is 10.6. The van der Waals surface area contributed by atoms with E-state index in [1.54, 1.807) is 19.0 Å². The Kier molecular flexibility index (Phi) is 6.48. The Morgan fingerprint density at radius 1 is 1.62 bits per heavy atom. The molecule has 0 atom stereocenters. The van der Waals surface area contributed by atoms with Gasteiger partial charge in [0.25, 0.3) is 0 Å². The van der Waals surface area contributed by atoms with Crippen molar-refractivity contribution in [1.29, 1.82) is 0 Å². The molecule has 0 bridgehead atoms. The minimum Gasteiger partial charge on any atom is -0.480 e. The first-order valence-electron chi connectivity index (χ1n) is 1.99. The van der Waals surface area contributed by atoms with Crippen LogP contribution >= 0.6 is 12.4 Å². The van der Waals surface area contributed by atoms with Crippen molar-refractivity contribution in [1.82, 2.24) is 4.90 Å². The fourth-order valence-corrected chi connectivity index (χ4v) is 0.271. The van der Waals surface area contributed by atoms with E-state index in [1.807, 2.05) is 0 Å². The zero-order chi connectivity index (χ0) is 5.86. The molecule has 0 saturated carbocycles. The number of hydrogen-bond acceptors (Lipinski definition) is 2. The van der Waals surface area contributed by atoms with Crippen molar-refractivity contribution in [3.8, 4) is 0 Å². The standard InChI is InChI=1S/C4H9NO2.ClH/c1-5(2)3-4(6)7;/h3H2,1-2H3,(H,6,7);1H. The lowest BCUT2D eigenvalue weighted by molar-refractivity contribution is -0.137. The SMILES string of the molecule is CN(C)CC(=O)O.Cl. The molecule has 1 N–H and O–H groups in total. The van der Waals surface area contributed by atoms with Crippen LogP contribution in [0, 0.1) is 0 Å². The van der Waals surface area contributed by atoms with E-state index in [4.69, 9.17) is 5.11 Å². The summed E-state index contributed by atoms with van der Waals surface area (Å²) in [7, 11) is 3.43. The van der Waals surface area contributed by atoms with Gasteiger partial charge >= 0.3 is 5.97 Å². The monoisotopic (exact) mass is 139 g/mol. The molecule has 4 heteroatoms. The molecule has 50 valence electrons. The van der Waals surface area contributed by atoms with Crippen LogP contribution in [0.25, 0.3) is 0 Å². The highest BCUT2D eigenvalue weighted by molar-refractivity contribution is 5.85. The number of carbonyl (C=O) groups is 1. The first-order chi connectivity index (χ1) is 3.13. The summed E-state index contributed by atoms with van der Waals surface area (Å²) in [4.78, 5) is 11.4. The van der Waals surface area contributed by atoms with Crippen molar-refractivity contribution in [2.75, 3.05) is 20.6 Å². The molecule has 0 aromatic rings. The van der Waals surface area contributed by atoms with E-state index in [9.17, 15) is 4.79 Å². The maximum absolute atomic E-state index is 9.77. The van der Waals surface area contributed by atoms with Crippen LogP contribution in [-0.2, 0) is 4.79 Å². The van der Waals surface area contributed by atoms with E-state index in [0.717, 1.165) is 0 Å². The molecule has 0 aromatic carbocycles. The van der Waals surface area contributed by atoms with Gasteiger partial charge in [0.15, 0.2) is 0 Å². The van der Waals surface area contributed by atoms with Crippen molar-refractivity contribution >= 4 is 18.4 Å². The Labute approximate surface area is 54.7 Å². The van der Waals surface area contributed by atoms with Gasteiger partial charge in [-0.05, 0) is 14.1 Å². The second-order valence-corrected chi connectivity index (χ2v) is 1.63. The van der Waals surface area contributed by atoms with Gasteiger partial charge in [-0.2, -0.15) is 0 Å². The van der Waals surface area contributed by atoms with Gasteiger partial charge in [0.05, 0.1) is 6.54 Å². The number of rotatable bonds is 2. The van der Waals surface area contributed by atoms with E-state index >= 15 is 0 Å². The molecule has 0 unspecified atom stereocenters. The third-order valence-corrected chi connectivity index (χ3v) is 0.451. The molecule has 8 heavy (non-hydrogen) atoms. The van der Waals surface area contributed by atoms with Gasteiger partial charge < -0.3 is 5.11 Å². The zero-order valence-electron chi connectivity index (χ0n) is 4.92. The number of aliphatic carboxylic acids is 1. The summed E-state index contributed by atoms with van der Waals surface area (Å²) in [5.41, 5.74) is 0. The summed E-state index contributed by atoms with van der Waals surface area (Å²) in [6.45, 7) is 0.111. The number of carboxylic acid groups (broad SMARTS) is 1. The molecule has 0 saturated heterocycles. The second-order valence-electron chi connectivity index (χ2n) is 1.63. The highest BCUT2D eigenvalue weighted by atomic mass is 35.5. The van der Waals surface area contributed by atoms with Gasteiger partial charge in [-0.3, -0.25) is 9.69 Å². The van der Waals surface area contributed by atoms with Crippen LogP contribution in [0.2, 0.25) is 0 Å². The number of carboxylic acids is 1. The molecule has 0 rings (SSSR count). The number of halogens is 1. The average Bonchev–Trinajstić information content (AvgIpc) is 1.27. The summed E-state index contributed by atoms with van der Waals surface area (Å²) in [5, 5.41) is 8.04. The van der Waals surface area contributed by atoms with Gasteiger partial charge in [0.2, 0.25) is 0 Å². The molecule has 0 aliphatic carbocycles. The Hall–Kier alpha value is -0.280. The van der Waals surface area contributed by atoms with E-state index in [-0.39, 0.29) is 19.0 Å². The lowest BCUT2D eigenvalue weighted by Crippen LogP contribution is -2.20. The van der Waals surface area contributed by atoms with Crippen molar-refractivity contribution < 1.29 is 9.90 Å². The molecule has 0 aromatic heterocycles. The minimum atomic E-state index is -0.787. The van der Waals surface area contributed by atoms with E-state index in [0.29, 0.717) is 0 Å². The van der Waals surface area contributed by atoms with Crippen molar-refractivity contribution in [3.63, 3.8) is 0 Å². The molecule has 0 aliphatic rings. The molecule has 0 fully saturated rings. The van der Waals surface area contributed by atoms with Gasteiger partial charge in [-0.1, -0.05) is 0 Å². The number of likely N-dealkylation sites (N-methyl/N-ethyl adjacent to an activating group) is 1. The molecule has 0 heterocycles. The minimum absolute atomic E-state index is 0. The van der Waals surface area contributed by atoms with Gasteiger partial charge in [-0.25, -0.2) is 0 Å². The lowest BCUT2D eigenvalue weighted by Gasteiger charge is -2.01. The average molecular weight is 140 g/mol. The number of nitrogens with zero attached hydrogens (tertiary/aromatic N) is 1. The van der Waals surface area contributed by atoms with Crippen molar-refractivity contribution in [3.05, 3.63) is 0 Å². The molecular formula is C4H10ClNO2. The highest BCUT2D eigenvalue weighted by Crippen LogP contribution is 1.69. The quantitative estimate of drug-likeness (QED) is 0.588. The topological polar surface area (TPSA) is 40.5 Å². The first-order valence-corrected chi connectivity index (χ1v) is 1.99. The molecule has 0 spiro atoms. The van der Waals surface area contributed by atoms with Crippen LogP contribution in [0.4, 0.5) is 0 Å². The van der Waals surface area contributed by atoms with Crippen LogP contribution < -0.4 is 0 Å². The smallest absolute Gasteiger partial charge is 0.317 e. The fourth-order valence-electron chi connectivity index (χ4n) is 0.271.